The van der Waals surface area contributed by atoms with Crippen LogP contribution in [-0.4, -0.2) is 79.0 Å². The second-order valence-electron chi connectivity index (χ2n) is 13.9. The Balaban J connectivity index is 1.22. The van der Waals surface area contributed by atoms with Crippen LogP contribution in [0.15, 0.2) is 77.8 Å². The minimum absolute atomic E-state index is 0.0421. The van der Waals surface area contributed by atoms with Crippen molar-refractivity contribution in [3.8, 4) is 40.8 Å². The van der Waals surface area contributed by atoms with E-state index in [9.17, 15) is 5.26 Å². The predicted molar refractivity (Wildman–Crippen MR) is 191 cm³/mol. The number of nitrogens with zero attached hydrogens (tertiary/aromatic N) is 4. The summed E-state index contributed by atoms with van der Waals surface area (Å²) in [7, 11) is 1.92. The number of ether oxygens (including phenoxy) is 8. The third kappa shape index (κ3) is 8.24. The minimum atomic E-state index is -1.26. The van der Waals surface area contributed by atoms with Gasteiger partial charge < -0.3 is 42.8 Å². The lowest BCUT2D eigenvalue weighted by Crippen LogP contribution is -2.41. The zero-order valence-corrected chi connectivity index (χ0v) is 30.5. The Morgan fingerprint density at radius 2 is 1.65 bits per heavy atom. The van der Waals surface area contributed by atoms with Gasteiger partial charge in [0.15, 0.2) is 23.1 Å². The number of aliphatic imine (C=N–C) groups is 1. The molecule has 0 spiro atoms. The summed E-state index contributed by atoms with van der Waals surface area (Å²) in [5, 5.41) is 9.65. The molecule has 2 saturated heterocycles. The molecule has 4 heterocycles. The second kappa shape index (κ2) is 15.2. The van der Waals surface area contributed by atoms with Crippen molar-refractivity contribution in [2.24, 2.45) is 4.99 Å². The molecule has 1 aromatic heterocycles. The predicted octanol–water partition coefficient (Wildman–Crippen LogP) is 7.14. The number of hydrogen-bond donors (Lipinski definition) is 0. The van der Waals surface area contributed by atoms with Crippen LogP contribution in [-0.2, 0) is 25.6 Å². The number of likely N-dealkylation sites (N-methyl/N-ethyl adjacent to an activating group) is 1. The topological polar surface area (TPSA) is 126 Å². The molecule has 0 aliphatic carbocycles. The monoisotopic (exact) mass is 742 g/mol. The highest BCUT2D eigenvalue weighted by atomic mass is 19.1. The lowest BCUT2D eigenvalue weighted by atomic mass is 10.1. The van der Waals surface area contributed by atoms with Crippen molar-refractivity contribution in [2.45, 2.75) is 64.2 Å². The van der Waals surface area contributed by atoms with Gasteiger partial charge in [0, 0.05) is 25.2 Å². The Hall–Kier alpha value is -5.33. The molecule has 3 aromatic carbocycles. The van der Waals surface area contributed by atoms with Crippen LogP contribution >= 0.6 is 0 Å². The van der Waals surface area contributed by atoms with Gasteiger partial charge in [-0.1, -0.05) is 42.5 Å². The molecule has 0 saturated carbocycles. The SMILES string of the molecule is CN1CCN=C1c1cccc(Oc2nc(Oc3cc(C#N)ccc3OCc3ccccc3)c(F)c(OCC3OC(C)(C)OC3C3COC(C)(C)O3)c2F)c1. The number of halogens is 2. The van der Waals surface area contributed by atoms with Gasteiger partial charge in [-0.15, -0.1) is 0 Å². The smallest absolute Gasteiger partial charge is 0.263 e. The Bertz CT molecular complexity index is 2070. The van der Waals surface area contributed by atoms with Gasteiger partial charge in [-0.05, 0) is 57.5 Å². The van der Waals surface area contributed by atoms with E-state index in [0.717, 1.165) is 23.5 Å². The van der Waals surface area contributed by atoms with Gasteiger partial charge >= 0.3 is 0 Å². The van der Waals surface area contributed by atoms with Crippen molar-refractivity contribution < 1.29 is 46.7 Å². The van der Waals surface area contributed by atoms with Gasteiger partial charge in [-0.2, -0.15) is 19.0 Å². The van der Waals surface area contributed by atoms with E-state index in [1.54, 1.807) is 45.9 Å². The summed E-state index contributed by atoms with van der Waals surface area (Å²) in [5.74, 6) is -5.42. The van der Waals surface area contributed by atoms with Crippen LogP contribution in [0.25, 0.3) is 0 Å². The van der Waals surface area contributed by atoms with Gasteiger partial charge in [0.25, 0.3) is 11.8 Å². The highest BCUT2D eigenvalue weighted by Gasteiger charge is 2.50. The number of benzene rings is 3. The fourth-order valence-electron chi connectivity index (χ4n) is 6.36. The highest BCUT2D eigenvalue weighted by Crippen LogP contribution is 2.42. The molecule has 0 bridgehead atoms. The standard InChI is InChI=1S/C40H40F2N4O8/c1-39(2)49-23-31(52-39)34-30(53-40(3,4)54-34)22-48-35-32(41)37(50-27-13-9-12-26(19-27)36-44-16-17-46(36)5)45-38(33(35)42)51-29-18-25(20-43)14-15-28(29)47-21-24-10-7-6-8-11-24/h6-15,18-19,30-31,34H,16-17,21-23H2,1-5H3. The molecule has 0 amide bonds. The fourth-order valence-corrected chi connectivity index (χ4v) is 6.36. The van der Waals surface area contributed by atoms with E-state index in [1.165, 1.54) is 18.2 Å². The molecule has 282 valence electrons. The highest BCUT2D eigenvalue weighted by molar-refractivity contribution is 5.99. The number of amidine groups is 1. The average molecular weight is 743 g/mol. The van der Waals surface area contributed by atoms with Crippen LogP contribution < -0.4 is 18.9 Å². The second-order valence-corrected chi connectivity index (χ2v) is 13.9. The van der Waals surface area contributed by atoms with Crippen molar-refractivity contribution >= 4 is 5.84 Å². The maximum atomic E-state index is 16.5. The first kappa shape index (κ1) is 37.0. The van der Waals surface area contributed by atoms with Crippen molar-refractivity contribution in [2.75, 3.05) is 33.4 Å². The largest absolute Gasteiger partial charge is 0.485 e. The first-order valence-corrected chi connectivity index (χ1v) is 17.5. The number of hydrogen-bond acceptors (Lipinski definition) is 12. The summed E-state index contributed by atoms with van der Waals surface area (Å²) in [6.07, 6.45) is -2.02. The van der Waals surface area contributed by atoms with Crippen LogP contribution in [0.4, 0.5) is 8.78 Å². The zero-order valence-electron chi connectivity index (χ0n) is 30.5. The van der Waals surface area contributed by atoms with Crippen LogP contribution in [0.5, 0.6) is 34.8 Å². The molecule has 12 nitrogen and oxygen atoms in total. The lowest BCUT2D eigenvalue weighted by Gasteiger charge is -2.24. The van der Waals surface area contributed by atoms with E-state index in [-0.39, 0.29) is 42.6 Å². The molecule has 4 aromatic rings. The van der Waals surface area contributed by atoms with Gasteiger partial charge in [-0.3, -0.25) is 4.99 Å². The van der Waals surface area contributed by atoms with E-state index in [1.807, 2.05) is 54.4 Å². The number of nitriles is 1. The molecule has 0 N–H and O–H groups in total. The van der Waals surface area contributed by atoms with Crippen LogP contribution in [0.3, 0.4) is 0 Å². The average Bonchev–Trinajstić information content (AvgIpc) is 3.84. The zero-order chi connectivity index (χ0) is 38.0. The van der Waals surface area contributed by atoms with Gasteiger partial charge in [0.1, 0.15) is 43.1 Å². The van der Waals surface area contributed by atoms with Crippen molar-refractivity contribution in [3.63, 3.8) is 0 Å². The first-order valence-electron chi connectivity index (χ1n) is 17.5. The Morgan fingerprint density at radius 3 is 2.35 bits per heavy atom. The summed E-state index contributed by atoms with van der Waals surface area (Å²) in [6.45, 7) is 8.43. The van der Waals surface area contributed by atoms with Gasteiger partial charge in [0.05, 0.1) is 24.8 Å². The third-order valence-corrected chi connectivity index (χ3v) is 8.87. The fraction of sp³-hybridized carbons (Fsp3) is 0.375. The van der Waals surface area contributed by atoms with Crippen LogP contribution in [0, 0.1) is 23.0 Å². The lowest BCUT2D eigenvalue weighted by molar-refractivity contribution is -0.174. The summed E-state index contributed by atoms with van der Waals surface area (Å²) < 4.78 is 80.7. The minimum Gasteiger partial charge on any atom is -0.485 e. The van der Waals surface area contributed by atoms with E-state index in [0.29, 0.717) is 6.54 Å². The molecule has 0 radical (unpaired) electrons. The van der Waals surface area contributed by atoms with Crippen molar-refractivity contribution in [1.29, 1.82) is 5.26 Å². The Kier molecular flexibility index (Phi) is 10.4. The molecule has 14 heteroatoms. The van der Waals surface area contributed by atoms with Crippen molar-refractivity contribution in [1.82, 2.24) is 9.88 Å². The molecule has 2 fully saturated rings. The summed E-state index contributed by atoms with van der Waals surface area (Å²) >= 11 is 0. The number of pyridine rings is 1. The normalized spacial score (nSPS) is 21.4. The number of rotatable bonds is 12. The van der Waals surface area contributed by atoms with Crippen LogP contribution in [0.2, 0.25) is 0 Å². The summed E-state index contributed by atoms with van der Waals surface area (Å²) in [4.78, 5) is 10.7. The van der Waals surface area contributed by atoms with E-state index in [2.05, 4.69) is 9.98 Å². The first-order chi connectivity index (χ1) is 25.9. The van der Waals surface area contributed by atoms with Gasteiger partial charge in [0.2, 0.25) is 17.4 Å². The maximum absolute atomic E-state index is 16.5. The molecule has 7 rings (SSSR count). The molecule has 3 atom stereocenters. The molecular formula is C40H40F2N4O8. The molecule has 54 heavy (non-hydrogen) atoms. The Labute approximate surface area is 311 Å². The quantitative estimate of drug-likeness (QED) is 0.147. The van der Waals surface area contributed by atoms with Crippen LogP contribution in [0.1, 0.15) is 44.4 Å². The van der Waals surface area contributed by atoms with Crippen molar-refractivity contribution in [3.05, 3.63) is 101 Å². The molecule has 3 aliphatic heterocycles. The summed E-state index contributed by atoms with van der Waals surface area (Å²) in [5.41, 5.74) is 1.81. The molecule has 3 aliphatic rings. The third-order valence-electron chi connectivity index (χ3n) is 8.87. The van der Waals surface area contributed by atoms with E-state index in [4.69, 9.17) is 37.9 Å². The summed E-state index contributed by atoms with van der Waals surface area (Å²) in [6, 6.07) is 22.7. The van der Waals surface area contributed by atoms with Gasteiger partial charge in [-0.25, -0.2) is 0 Å². The Morgan fingerprint density at radius 1 is 0.870 bits per heavy atom. The molecular weight excluding hydrogens is 702 g/mol. The van der Waals surface area contributed by atoms with E-state index < -0.39 is 59.0 Å². The maximum Gasteiger partial charge on any atom is 0.263 e. The van der Waals surface area contributed by atoms with E-state index >= 15 is 8.78 Å². The number of aromatic nitrogens is 1. The molecule has 3 unspecified atom stereocenters.